The van der Waals surface area contributed by atoms with Gasteiger partial charge >= 0.3 is 5.82 Å². The van der Waals surface area contributed by atoms with Crippen LogP contribution in [0.1, 0.15) is 61.7 Å². The van der Waals surface area contributed by atoms with E-state index >= 15 is 0 Å². The smallest absolute Gasteiger partial charge is 0.358 e. The minimum atomic E-state index is -0.620. The van der Waals surface area contributed by atoms with Crippen molar-refractivity contribution in [1.29, 1.82) is 5.26 Å². The van der Waals surface area contributed by atoms with Gasteiger partial charge in [0.1, 0.15) is 11.1 Å². The third-order valence-corrected chi connectivity index (χ3v) is 7.53. The Balaban J connectivity index is 1.63. The molecule has 3 rings (SSSR count). The van der Waals surface area contributed by atoms with Gasteiger partial charge in [0, 0.05) is 11.3 Å². The Morgan fingerprint density at radius 2 is 2.19 bits per heavy atom. The Kier molecular flexibility index (Phi) is 6.72. The number of carbonyl (C=O) groups is 1. The molecule has 0 radical (unpaired) electrons. The molecule has 0 aliphatic heterocycles. The Hall–Kier alpha value is -2.44. The number of aromatic nitrogens is 2. The normalized spacial score (nSPS) is 15.9. The number of nitrogens with one attached hydrogen (secondary N) is 1. The fraction of sp³-hybridized carbons (Fsp3) is 0.571. The second kappa shape index (κ2) is 8.97. The standard InChI is InChI=1S/C21H26ClN5O3S/c1-12-18(22)19(27(29)30)25-26(12)9-5-6-17(28)24-20-15(11-23)14-8-7-13(21(2,3)4)10-16(14)31-20/h13H,5-10H2,1-4H3,(H,24,28). The first kappa shape index (κ1) is 23.2. The third-order valence-electron chi connectivity index (χ3n) is 5.92. The van der Waals surface area contributed by atoms with E-state index in [1.54, 1.807) is 6.92 Å². The van der Waals surface area contributed by atoms with Crippen molar-refractivity contribution in [1.82, 2.24) is 9.78 Å². The maximum absolute atomic E-state index is 12.5. The summed E-state index contributed by atoms with van der Waals surface area (Å²) < 4.78 is 1.45. The number of nitriles is 1. The molecule has 0 fully saturated rings. The van der Waals surface area contributed by atoms with Crippen LogP contribution in [-0.4, -0.2) is 20.6 Å². The number of anilines is 1. The van der Waals surface area contributed by atoms with Crippen LogP contribution in [0.4, 0.5) is 10.8 Å². The molecule has 8 nitrogen and oxygen atoms in total. The highest BCUT2D eigenvalue weighted by atomic mass is 35.5. The Morgan fingerprint density at radius 3 is 2.77 bits per heavy atom. The van der Waals surface area contributed by atoms with E-state index in [1.807, 2.05) is 0 Å². The lowest BCUT2D eigenvalue weighted by Gasteiger charge is -2.33. The van der Waals surface area contributed by atoms with Gasteiger partial charge in [-0.05, 0) is 54.4 Å². The molecule has 0 spiro atoms. The molecule has 2 heterocycles. The molecule has 1 atom stereocenters. The third kappa shape index (κ3) is 4.91. The summed E-state index contributed by atoms with van der Waals surface area (Å²) in [4.78, 5) is 24.0. The van der Waals surface area contributed by atoms with E-state index in [4.69, 9.17) is 11.6 Å². The summed E-state index contributed by atoms with van der Waals surface area (Å²) in [6, 6.07) is 2.27. The summed E-state index contributed by atoms with van der Waals surface area (Å²) in [5.41, 5.74) is 2.38. The van der Waals surface area contributed by atoms with Crippen molar-refractivity contribution in [2.24, 2.45) is 11.3 Å². The Bertz CT molecular complexity index is 1060. The van der Waals surface area contributed by atoms with E-state index in [2.05, 4.69) is 37.3 Å². The van der Waals surface area contributed by atoms with Crippen molar-refractivity contribution in [3.8, 4) is 6.07 Å². The van der Waals surface area contributed by atoms with Crippen molar-refractivity contribution in [2.75, 3.05) is 5.32 Å². The van der Waals surface area contributed by atoms with Gasteiger partial charge in [-0.2, -0.15) is 9.94 Å². The number of amides is 1. The number of thiophene rings is 1. The molecule has 166 valence electrons. The summed E-state index contributed by atoms with van der Waals surface area (Å²) >= 11 is 7.46. The fourth-order valence-electron chi connectivity index (χ4n) is 3.95. The van der Waals surface area contributed by atoms with Crippen LogP contribution < -0.4 is 5.32 Å². The van der Waals surface area contributed by atoms with Crippen LogP contribution in [0, 0.1) is 39.7 Å². The molecule has 2 aromatic rings. The SMILES string of the molecule is Cc1c(Cl)c([N+](=O)[O-])nn1CCCC(=O)Nc1sc2c(c1C#N)CCC(C(C)(C)C)C2. The number of nitrogens with zero attached hydrogens (tertiary/aromatic N) is 4. The van der Waals surface area contributed by atoms with Crippen molar-refractivity contribution < 1.29 is 9.72 Å². The molecular formula is C21H26ClN5O3S. The first-order valence-corrected chi connectivity index (χ1v) is 11.4. The van der Waals surface area contributed by atoms with E-state index in [0.29, 0.717) is 35.1 Å². The molecule has 1 aliphatic carbocycles. The van der Waals surface area contributed by atoms with E-state index in [9.17, 15) is 20.2 Å². The average molecular weight is 464 g/mol. The minimum absolute atomic E-state index is 0.0193. The number of hydrogen-bond acceptors (Lipinski definition) is 6. The number of halogens is 1. The van der Waals surface area contributed by atoms with Crippen LogP contribution in [0.25, 0.3) is 0 Å². The molecule has 2 aromatic heterocycles. The molecule has 0 bridgehead atoms. The largest absolute Gasteiger partial charge is 0.408 e. The molecule has 31 heavy (non-hydrogen) atoms. The molecule has 0 saturated heterocycles. The van der Waals surface area contributed by atoms with Gasteiger partial charge < -0.3 is 15.4 Å². The van der Waals surface area contributed by atoms with Gasteiger partial charge in [-0.1, -0.05) is 32.4 Å². The second-order valence-corrected chi connectivity index (χ2v) is 10.5. The Labute approximate surface area is 190 Å². The van der Waals surface area contributed by atoms with Gasteiger partial charge in [0.15, 0.2) is 5.02 Å². The predicted octanol–water partition coefficient (Wildman–Crippen LogP) is 5.26. The number of aryl methyl sites for hydroxylation is 1. The van der Waals surface area contributed by atoms with E-state index in [-0.39, 0.29) is 28.6 Å². The highest BCUT2D eigenvalue weighted by Crippen LogP contribution is 2.44. The van der Waals surface area contributed by atoms with Crippen molar-refractivity contribution in [3.63, 3.8) is 0 Å². The van der Waals surface area contributed by atoms with Crippen LogP contribution >= 0.6 is 22.9 Å². The number of carbonyl (C=O) groups excluding carboxylic acids is 1. The molecule has 1 unspecified atom stereocenters. The average Bonchev–Trinajstić information content (AvgIpc) is 3.18. The van der Waals surface area contributed by atoms with Crippen LogP contribution in [0.15, 0.2) is 0 Å². The summed E-state index contributed by atoms with van der Waals surface area (Å²) in [7, 11) is 0. The molecular weight excluding hydrogens is 438 g/mol. The summed E-state index contributed by atoms with van der Waals surface area (Å²) in [6.45, 7) is 8.72. The van der Waals surface area contributed by atoms with E-state index in [0.717, 1.165) is 24.8 Å². The topological polar surface area (TPSA) is 114 Å². The minimum Gasteiger partial charge on any atom is -0.358 e. The number of fused-ring (bicyclic) bond motifs is 1. The first-order chi connectivity index (χ1) is 14.5. The maximum atomic E-state index is 12.5. The number of rotatable bonds is 6. The zero-order valence-electron chi connectivity index (χ0n) is 18.1. The molecule has 1 aliphatic rings. The lowest BCUT2D eigenvalue weighted by atomic mass is 9.72. The highest BCUT2D eigenvalue weighted by Gasteiger charge is 2.32. The molecule has 0 saturated carbocycles. The van der Waals surface area contributed by atoms with Crippen LogP contribution in [0.5, 0.6) is 0 Å². The van der Waals surface area contributed by atoms with Crippen LogP contribution in [0.3, 0.4) is 0 Å². The van der Waals surface area contributed by atoms with Gasteiger partial charge in [0.05, 0.1) is 22.9 Å². The van der Waals surface area contributed by atoms with Gasteiger partial charge in [-0.3, -0.25) is 4.79 Å². The van der Waals surface area contributed by atoms with E-state index in [1.165, 1.54) is 20.9 Å². The molecule has 1 N–H and O–H groups in total. The fourth-order valence-corrected chi connectivity index (χ4v) is 5.45. The number of hydrogen-bond donors (Lipinski definition) is 1. The monoisotopic (exact) mass is 463 g/mol. The summed E-state index contributed by atoms with van der Waals surface area (Å²) in [6.07, 6.45) is 3.51. The van der Waals surface area contributed by atoms with Crippen molar-refractivity contribution in [3.05, 3.63) is 36.8 Å². The molecule has 1 amide bonds. The summed E-state index contributed by atoms with van der Waals surface area (Å²) in [5.74, 6) is -0.00480. The zero-order chi connectivity index (χ0) is 22.9. The van der Waals surface area contributed by atoms with Gasteiger partial charge in [0.25, 0.3) is 0 Å². The van der Waals surface area contributed by atoms with Crippen LogP contribution in [0.2, 0.25) is 5.02 Å². The van der Waals surface area contributed by atoms with Crippen LogP contribution in [-0.2, 0) is 24.2 Å². The van der Waals surface area contributed by atoms with E-state index < -0.39 is 4.92 Å². The quantitative estimate of drug-likeness (QED) is 0.463. The van der Waals surface area contributed by atoms with Gasteiger partial charge in [0.2, 0.25) is 5.91 Å². The maximum Gasteiger partial charge on any atom is 0.408 e. The first-order valence-electron chi connectivity index (χ1n) is 10.2. The van der Waals surface area contributed by atoms with Crippen molar-refractivity contribution >= 4 is 39.7 Å². The second-order valence-electron chi connectivity index (χ2n) is 8.98. The Morgan fingerprint density at radius 1 is 1.48 bits per heavy atom. The lowest BCUT2D eigenvalue weighted by Crippen LogP contribution is -2.26. The molecule has 10 heteroatoms. The zero-order valence-corrected chi connectivity index (χ0v) is 19.7. The van der Waals surface area contributed by atoms with Gasteiger partial charge in [-0.15, -0.1) is 11.3 Å². The number of nitro groups is 1. The van der Waals surface area contributed by atoms with Crippen molar-refractivity contribution in [2.45, 2.75) is 66.3 Å². The van der Waals surface area contributed by atoms with Gasteiger partial charge in [-0.25, -0.2) is 0 Å². The molecule has 0 aromatic carbocycles. The highest BCUT2D eigenvalue weighted by molar-refractivity contribution is 7.16. The predicted molar refractivity (Wildman–Crippen MR) is 120 cm³/mol. The summed E-state index contributed by atoms with van der Waals surface area (Å²) in [5, 5.41) is 28.1. The lowest BCUT2D eigenvalue weighted by molar-refractivity contribution is -0.389.